The predicted octanol–water partition coefficient (Wildman–Crippen LogP) is 3.63. The lowest BCUT2D eigenvalue weighted by molar-refractivity contribution is -0.136. The van der Waals surface area contributed by atoms with E-state index in [-0.39, 0.29) is 11.8 Å². The molecular weight excluding hydrogens is 400 g/mol. The Morgan fingerprint density at radius 1 is 1.03 bits per heavy atom. The second-order valence-corrected chi connectivity index (χ2v) is 8.63. The van der Waals surface area contributed by atoms with Crippen LogP contribution in [0.15, 0.2) is 36.4 Å². The Morgan fingerprint density at radius 2 is 1.87 bits per heavy atom. The minimum Gasteiger partial charge on any atom is -0.354 e. The van der Waals surface area contributed by atoms with Crippen molar-refractivity contribution in [1.29, 1.82) is 0 Å². The summed E-state index contributed by atoms with van der Waals surface area (Å²) >= 11 is 5.85. The number of imidazole rings is 1. The van der Waals surface area contributed by atoms with E-state index in [1.54, 1.807) is 6.07 Å². The number of amides is 1. The molecule has 2 aromatic heterocycles. The van der Waals surface area contributed by atoms with E-state index in [1.807, 2.05) is 29.2 Å². The van der Waals surface area contributed by atoms with Gasteiger partial charge in [-0.3, -0.25) is 4.79 Å². The molecule has 2 fully saturated rings. The predicted molar refractivity (Wildman–Crippen MR) is 117 cm³/mol. The molecule has 1 N–H and O–H groups in total. The number of halogens is 1. The van der Waals surface area contributed by atoms with Crippen LogP contribution in [0.1, 0.15) is 37.4 Å². The number of nitrogens with zero attached hydrogens (tertiary/aromatic N) is 5. The summed E-state index contributed by atoms with van der Waals surface area (Å²) in [5, 5.41) is 8.50. The van der Waals surface area contributed by atoms with Crippen molar-refractivity contribution in [3.8, 4) is 0 Å². The lowest BCUT2D eigenvalue weighted by atomic mass is 9.92. The van der Waals surface area contributed by atoms with E-state index in [4.69, 9.17) is 16.6 Å². The maximum atomic E-state index is 13.2. The van der Waals surface area contributed by atoms with Gasteiger partial charge in [-0.1, -0.05) is 23.7 Å². The summed E-state index contributed by atoms with van der Waals surface area (Å²) in [6.07, 6.45) is 3.81. The lowest BCUT2D eigenvalue weighted by Gasteiger charge is -2.37. The van der Waals surface area contributed by atoms with E-state index in [1.165, 1.54) is 0 Å². The summed E-state index contributed by atoms with van der Waals surface area (Å²) in [6.45, 7) is 3.17. The Labute approximate surface area is 180 Å². The molecule has 156 valence electrons. The van der Waals surface area contributed by atoms with Gasteiger partial charge in [0.25, 0.3) is 0 Å². The molecule has 3 aromatic rings. The van der Waals surface area contributed by atoms with Crippen molar-refractivity contribution in [1.82, 2.24) is 25.1 Å². The summed E-state index contributed by atoms with van der Waals surface area (Å²) in [5.74, 6) is 2.51. The third-order valence-corrected chi connectivity index (χ3v) is 6.52. The number of rotatable bonds is 3. The first-order valence-electron chi connectivity index (χ1n) is 10.6. The molecule has 0 saturated carbocycles. The number of hydrogen-bond acceptors (Lipinski definition) is 5. The Balaban J connectivity index is 1.20. The summed E-state index contributed by atoms with van der Waals surface area (Å²) < 4.78 is 0. The van der Waals surface area contributed by atoms with Crippen LogP contribution in [0, 0.1) is 5.92 Å². The average molecular weight is 425 g/mol. The molecule has 0 bridgehead atoms. The number of para-hydroxylation sites is 2. The van der Waals surface area contributed by atoms with E-state index in [2.05, 4.69) is 26.1 Å². The zero-order valence-electron chi connectivity index (χ0n) is 16.8. The molecule has 1 aromatic carbocycles. The quantitative estimate of drug-likeness (QED) is 0.694. The first-order valence-corrected chi connectivity index (χ1v) is 11.0. The Morgan fingerprint density at radius 3 is 2.63 bits per heavy atom. The van der Waals surface area contributed by atoms with Gasteiger partial charge in [0.15, 0.2) is 11.0 Å². The zero-order chi connectivity index (χ0) is 20.5. The Kier molecular flexibility index (Phi) is 5.29. The molecule has 0 aliphatic carbocycles. The van der Waals surface area contributed by atoms with Crippen molar-refractivity contribution in [3.05, 3.63) is 47.4 Å². The van der Waals surface area contributed by atoms with Crippen LogP contribution >= 0.6 is 11.6 Å². The van der Waals surface area contributed by atoms with Crippen LogP contribution in [0.25, 0.3) is 11.0 Å². The van der Waals surface area contributed by atoms with Crippen LogP contribution < -0.4 is 4.90 Å². The van der Waals surface area contributed by atoms with Crippen LogP contribution in [0.2, 0.25) is 5.15 Å². The summed E-state index contributed by atoms with van der Waals surface area (Å²) in [4.78, 5) is 25.6. The minimum absolute atomic E-state index is 0.0129. The molecule has 4 heterocycles. The Hall–Kier alpha value is -2.67. The van der Waals surface area contributed by atoms with Gasteiger partial charge in [0.05, 0.1) is 17.0 Å². The van der Waals surface area contributed by atoms with Crippen molar-refractivity contribution in [2.75, 3.05) is 31.1 Å². The average Bonchev–Trinajstić information content (AvgIpc) is 3.24. The molecule has 1 amide bonds. The molecule has 5 rings (SSSR count). The number of nitrogens with one attached hydrogen (secondary N) is 1. The van der Waals surface area contributed by atoms with Gasteiger partial charge in [0.1, 0.15) is 5.82 Å². The largest absolute Gasteiger partial charge is 0.354 e. The molecule has 8 heteroatoms. The van der Waals surface area contributed by atoms with Crippen molar-refractivity contribution >= 4 is 34.4 Å². The van der Waals surface area contributed by atoms with Crippen molar-refractivity contribution < 1.29 is 4.79 Å². The number of fused-ring (bicyclic) bond motifs is 1. The maximum absolute atomic E-state index is 13.2. The molecular formula is C22H25ClN6O. The van der Waals surface area contributed by atoms with E-state index in [0.717, 1.165) is 68.0 Å². The SMILES string of the molecule is O=C(C1CCCN(c2ccc(Cl)nn2)C1)N1CCC(c2nc3ccccc3[nH]2)CC1. The van der Waals surface area contributed by atoms with Crippen LogP contribution in [-0.4, -0.2) is 57.2 Å². The number of H-pyrrole nitrogens is 1. The molecule has 1 unspecified atom stereocenters. The third-order valence-electron chi connectivity index (χ3n) is 6.31. The van der Waals surface area contributed by atoms with Crippen molar-refractivity contribution in [2.45, 2.75) is 31.6 Å². The number of aromatic nitrogens is 4. The van der Waals surface area contributed by atoms with Gasteiger partial charge in [-0.25, -0.2) is 4.98 Å². The number of hydrogen-bond donors (Lipinski definition) is 1. The van der Waals surface area contributed by atoms with E-state index in [9.17, 15) is 4.79 Å². The van der Waals surface area contributed by atoms with Crippen LogP contribution in [0.3, 0.4) is 0 Å². The number of carbonyl (C=O) groups excluding carboxylic acids is 1. The molecule has 2 aliphatic heterocycles. The first-order chi connectivity index (χ1) is 14.7. The molecule has 2 saturated heterocycles. The van der Waals surface area contributed by atoms with Gasteiger partial charge in [0, 0.05) is 32.1 Å². The van der Waals surface area contributed by atoms with Gasteiger partial charge in [-0.05, 0) is 49.9 Å². The highest BCUT2D eigenvalue weighted by atomic mass is 35.5. The van der Waals surface area contributed by atoms with Crippen molar-refractivity contribution in [3.63, 3.8) is 0 Å². The van der Waals surface area contributed by atoms with E-state index in [0.29, 0.717) is 17.6 Å². The van der Waals surface area contributed by atoms with Crippen LogP contribution in [0.4, 0.5) is 5.82 Å². The molecule has 1 atom stereocenters. The molecule has 30 heavy (non-hydrogen) atoms. The summed E-state index contributed by atoms with van der Waals surface area (Å²) in [6, 6.07) is 11.8. The molecule has 7 nitrogen and oxygen atoms in total. The van der Waals surface area contributed by atoms with Crippen LogP contribution in [0.5, 0.6) is 0 Å². The van der Waals surface area contributed by atoms with Gasteiger partial charge < -0.3 is 14.8 Å². The standard InChI is InChI=1S/C22H25ClN6O/c23-19-7-8-20(27-26-19)29-11-3-4-16(14-29)22(30)28-12-9-15(10-13-28)21-24-17-5-1-2-6-18(17)25-21/h1-2,5-8,15-16H,3-4,9-14H2,(H,24,25). The third kappa shape index (κ3) is 3.86. The Bertz CT molecular complexity index is 995. The monoisotopic (exact) mass is 424 g/mol. The first kappa shape index (κ1) is 19.3. The normalized spacial score (nSPS) is 20.6. The number of anilines is 1. The number of aromatic amines is 1. The zero-order valence-corrected chi connectivity index (χ0v) is 17.6. The number of piperidine rings is 2. The summed E-state index contributed by atoms with van der Waals surface area (Å²) in [5.41, 5.74) is 2.09. The summed E-state index contributed by atoms with van der Waals surface area (Å²) in [7, 11) is 0. The fourth-order valence-electron chi connectivity index (χ4n) is 4.66. The lowest BCUT2D eigenvalue weighted by Crippen LogP contribution is -2.47. The second-order valence-electron chi connectivity index (χ2n) is 8.24. The highest BCUT2D eigenvalue weighted by molar-refractivity contribution is 6.29. The fourth-order valence-corrected chi connectivity index (χ4v) is 4.76. The topological polar surface area (TPSA) is 78.0 Å². The molecule has 0 radical (unpaired) electrons. The fraction of sp³-hybridized carbons (Fsp3) is 0.455. The number of likely N-dealkylation sites (tertiary alicyclic amines) is 1. The minimum atomic E-state index is 0.0129. The van der Waals surface area contributed by atoms with Gasteiger partial charge in [0.2, 0.25) is 5.91 Å². The van der Waals surface area contributed by atoms with Gasteiger partial charge in [-0.15, -0.1) is 10.2 Å². The highest BCUT2D eigenvalue weighted by Crippen LogP contribution is 2.30. The highest BCUT2D eigenvalue weighted by Gasteiger charge is 2.32. The smallest absolute Gasteiger partial charge is 0.227 e. The molecule has 2 aliphatic rings. The molecule has 0 spiro atoms. The van der Waals surface area contributed by atoms with Gasteiger partial charge >= 0.3 is 0 Å². The van der Waals surface area contributed by atoms with Crippen molar-refractivity contribution in [2.24, 2.45) is 5.92 Å². The van der Waals surface area contributed by atoms with E-state index >= 15 is 0 Å². The van der Waals surface area contributed by atoms with E-state index < -0.39 is 0 Å². The maximum Gasteiger partial charge on any atom is 0.227 e. The number of benzene rings is 1. The second kappa shape index (κ2) is 8.22. The van der Waals surface area contributed by atoms with Gasteiger partial charge in [-0.2, -0.15) is 0 Å². The van der Waals surface area contributed by atoms with Crippen LogP contribution in [-0.2, 0) is 4.79 Å². The number of carbonyl (C=O) groups is 1.